The first-order valence-corrected chi connectivity index (χ1v) is 11.5. The molecule has 0 spiro atoms. The molecule has 1 amide bonds. The number of fused-ring (bicyclic) bond motifs is 1. The number of carbonyl (C=O) groups is 2. The summed E-state index contributed by atoms with van der Waals surface area (Å²) in [5, 5.41) is 3.57. The Balaban J connectivity index is 1.39. The molecule has 1 aliphatic rings. The molecule has 0 fully saturated rings. The van der Waals surface area contributed by atoms with Gasteiger partial charge in [-0.15, -0.1) is 11.3 Å². The summed E-state index contributed by atoms with van der Waals surface area (Å²) in [7, 11) is 0. The van der Waals surface area contributed by atoms with Gasteiger partial charge < -0.3 is 14.0 Å². The van der Waals surface area contributed by atoms with E-state index in [9.17, 15) is 22.8 Å². The van der Waals surface area contributed by atoms with Crippen LogP contribution in [0.15, 0.2) is 21.1 Å². The van der Waals surface area contributed by atoms with Crippen LogP contribution in [0.3, 0.4) is 0 Å². The van der Waals surface area contributed by atoms with Crippen LogP contribution in [0.2, 0.25) is 0 Å². The van der Waals surface area contributed by atoms with Crippen LogP contribution in [0, 0.1) is 17.5 Å². The summed E-state index contributed by atoms with van der Waals surface area (Å²) in [5.74, 6) is -5.37. The molecule has 180 valence electrons. The molecule has 0 unspecified atom stereocenters. The van der Waals surface area contributed by atoms with Crippen molar-refractivity contribution in [1.29, 1.82) is 0 Å². The summed E-state index contributed by atoms with van der Waals surface area (Å²) in [6.45, 7) is 5.54. The Hall–Kier alpha value is -2.93. The topological polar surface area (TPSA) is 94.8 Å². The molecule has 0 bridgehead atoms. The molecule has 34 heavy (non-hydrogen) atoms. The van der Waals surface area contributed by atoms with Gasteiger partial charge in [0.1, 0.15) is 10.5 Å². The molecule has 0 aliphatic carbocycles. The third-order valence-electron chi connectivity index (χ3n) is 4.58. The number of esters is 1. The lowest BCUT2D eigenvalue weighted by atomic mass is 10.2. The maximum Gasteiger partial charge on any atom is 0.410 e. The number of rotatable bonds is 4. The van der Waals surface area contributed by atoms with E-state index in [2.05, 4.69) is 26.1 Å². The Morgan fingerprint density at radius 3 is 2.50 bits per heavy atom. The SMILES string of the molecule is CC(C)(C)OC(=O)N1Cc2sc(C(=O)OCc3nc(-c4cc(F)c(F)c(F)c4)no3)c(Br)c2C1. The van der Waals surface area contributed by atoms with E-state index in [1.54, 1.807) is 20.8 Å². The number of halogens is 4. The van der Waals surface area contributed by atoms with Crippen LogP contribution in [-0.4, -0.2) is 32.7 Å². The number of carbonyl (C=O) groups excluding carboxylic acids is 2. The van der Waals surface area contributed by atoms with Gasteiger partial charge in [-0.05, 0) is 48.8 Å². The van der Waals surface area contributed by atoms with Crippen LogP contribution in [0.1, 0.15) is 46.8 Å². The van der Waals surface area contributed by atoms with Gasteiger partial charge in [0.15, 0.2) is 24.1 Å². The predicted molar refractivity (Wildman–Crippen MR) is 116 cm³/mol. The first-order chi connectivity index (χ1) is 15.9. The zero-order valence-corrected chi connectivity index (χ0v) is 20.5. The van der Waals surface area contributed by atoms with Crippen molar-refractivity contribution in [2.24, 2.45) is 0 Å². The van der Waals surface area contributed by atoms with Gasteiger partial charge in [0, 0.05) is 20.5 Å². The van der Waals surface area contributed by atoms with Crippen molar-refractivity contribution in [2.75, 3.05) is 0 Å². The number of amides is 1. The summed E-state index contributed by atoms with van der Waals surface area (Å²) >= 11 is 4.58. The zero-order chi connectivity index (χ0) is 24.8. The van der Waals surface area contributed by atoms with E-state index < -0.39 is 41.7 Å². The minimum Gasteiger partial charge on any atom is -0.451 e. The molecule has 2 aromatic heterocycles. The van der Waals surface area contributed by atoms with E-state index in [4.69, 9.17) is 14.0 Å². The van der Waals surface area contributed by atoms with Crippen LogP contribution in [0.25, 0.3) is 11.4 Å². The second-order valence-corrected chi connectivity index (χ2v) is 10.2. The third kappa shape index (κ3) is 4.94. The van der Waals surface area contributed by atoms with Gasteiger partial charge in [-0.3, -0.25) is 4.90 Å². The highest BCUT2D eigenvalue weighted by Crippen LogP contribution is 2.40. The normalized spacial score (nSPS) is 13.2. The monoisotopic (exact) mass is 559 g/mol. The average Bonchev–Trinajstić information content (AvgIpc) is 3.45. The number of ether oxygens (including phenoxy) is 2. The summed E-state index contributed by atoms with van der Waals surface area (Å²) in [4.78, 5) is 31.4. The Kier molecular flexibility index (Phi) is 6.42. The standard InChI is InChI=1S/C21H17BrF3N3O5S/c1-21(2,3)32-20(30)28-6-10-13(7-28)34-17(15(10)22)19(29)31-8-14-26-18(27-33-14)9-4-11(23)16(25)12(24)5-9/h4-5H,6-8H2,1-3H3. The molecule has 1 aromatic carbocycles. The number of hydrogen-bond donors (Lipinski definition) is 0. The average molecular weight is 560 g/mol. The number of benzene rings is 1. The fourth-order valence-electron chi connectivity index (χ4n) is 3.09. The number of aromatic nitrogens is 2. The van der Waals surface area contributed by atoms with E-state index in [-0.39, 0.29) is 23.8 Å². The molecule has 0 radical (unpaired) electrons. The van der Waals surface area contributed by atoms with E-state index >= 15 is 0 Å². The molecular formula is C21H17BrF3N3O5S. The first kappa shape index (κ1) is 24.2. The van der Waals surface area contributed by atoms with E-state index in [0.29, 0.717) is 15.9 Å². The Morgan fingerprint density at radius 1 is 1.21 bits per heavy atom. The highest BCUT2D eigenvalue weighted by molar-refractivity contribution is 9.10. The fourth-order valence-corrected chi connectivity index (χ4v) is 5.10. The van der Waals surface area contributed by atoms with Gasteiger partial charge in [-0.25, -0.2) is 22.8 Å². The largest absolute Gasteiger partial charge is 0.451 e. The second kappa shape index (κ2) is 9.02. The van der Waals surface area contributed by atoms with Crippen LogP contribution in [-0.2, 0) is 29.2 Å². The molecule has 1 aliphatic heterocycles. The van der Waals surface area contributed by atoms with Crippen molar-refractivity contribution in [1.82, 2.24) is 15.0 Å². The molecule has 13 heteroatoms. The number of hydrogen-bond acceptors (Lipinski definition) is 8. The summed E-state index contributed by atoms with van der Waals surface area (Å²) in [5.41, 5.74) is 0.0420. The molecule has 0 saturated heterocycles. The molecule has 8 nitrogen and oxygen atoms in total. The lowest BCUT2D eigenvalue weighted by molar-refractivity contribution is 0.0242. The Morgan fingerprint density at radius 2 is 1.88 bits per heavy atom. The highest BCUT2D eigenvalue weighted by atomic mass is 79.9. The predicted octanol–water partition coefficient (Wildman–Crippen LogP) is 5.59. The summed E-state index contributed by atoms with van der Waals surface area (Å²) < 4.78 is 56.0. The third-order valence-corrected chi connectivity index (χ3v) is 6.92. The Bertz CT molecular complexity index is 1260. The van der Waals surface area contributed by atoms with Crippen LogP contribution < -0.4 is 0 Å². The minimum atomic E-state index is -1.61. The van der Waals surface area contributed by atoms with Gasteiger partial charge in [0.05, 0.1) is 13.1 Å². The van der Waals surface area contributed by atoms with Crippen LogP contribution >= 0.6 is 27.3 Å². The molecule has 3 heterocycles. The van der Waals surface area contributed by atoms with Crippen LogP contribution in [0.4, 0.5) is 18.0 Å². The summed E-state index contributed by atoms with van der Waals surface area (Å²) in [6.07, 6.45) is -0.444. The molecular weight excluding hydrogens is 543 g/mol. The molecule has 3 aromatic rings. The molecule has 0 atom stereocenters. The molecule has 4 rings (SSSR count). The second-order valence-electron chi connectivity index (χ2n) is 8.33. The van der Waals surface area contributed by atoms with Gasteiger partial charge in [0.25, 0.3) is 5.89 Å². The van der Waals surface area contributed by atoms with Crippen molar-refractivity contribution in [3.05, 3.63) is 55.3 Å². The quantitative estimate of drug-likeness (QED) is 0.304. The highest BCUT2D eigenvalue weighted by Gasteiger charge is 2.33. The lowest BCUT2D eigenvalue weighted by Crippen LogP contribution is -2.33. The van der Waals surface area contributed by atoms with Gasteiger partial charge in [-0.1, -0.05) is 5.16 Å². The molecule has 0 N–H and O–H groups in total. The van der Waals surface area contributed by atoms with Gasteiger partial charge in [-0.2, -0.15) is 4.98 Å². The van der Waals surface area contributed by atoms with Gasteiger partial charge in [0.2, 0.25) is 5.82 Å². The van der Waals surface area contributed by atoms with Crippen LogP contribution in [0.5, 0.6) is 0 Å². The van der Waals surface area contributed by atoms with Crippen molar-refractivity contribution in [3.63, 3.8) is 0 Å². The maximum absolute atomic E-state index is 13.4. The van der Waals surface area contributed by atoms with Crippen molar-refractivity contribution >= 4 is 39.3 Å². The minimum absolute atomic E-state index is 0.121. The number of nitrogens with zero attached hydrogens (tertiary/aromatic N) is 3. The van der Waals surface area contributed by atoms with Crippen molar-refractivity contribution in [2.45, 2.75) is 46.1 Å². The fraction of sp³-hybridized carbons (Fsp3) is 0.333. The van der Waals surface area contributed by atoms with E-state index in [1.807, 2.05) is 0 Å². The lowest BCUT2D eigenvalue weighted by Gasteiger charge is -2.24. The van der Waals surface area contributed by atoms with E-state index in [1.165, 1.54) is 16.2 Å². The molecule has 0 saturated carbocycles. The maximum atomic E-state index is 13.4. The summed E-state index contributed by atoms with van der Waals surface area (Å²) in [6, 6.07) is 1.45. The Labute approximate surface area is 203 Å². The van der Waals surface area contributed by atoms with Crippen molar-refractivity contribution < 1.29 is 36.8 Å². The van der Waals surface area contributed by atoms with Gasteiger partial charge >= 0.3 is 12.1 Å². The first-order valence-electron chi connectivity index (χ1n) is 9.85. The number of thiophene rings is 1. The van der Waals surface area contributed by atoms with Crippen molar-refractivity contribution in [3.8, 4) is 11.4 Å². The van der Waals surface area contributed by atoms with E-state index in [0.717, 1.165) is 22.6 Å². The smallest absolute Gasteiger partial charge is 0.410 e. The zero-order valence-electron chi connectivity index (χ0n) is 18.1.